The summed E-state index contributed by atoms with van der Waals surface area (Å²) in [5, 5.41) is 5.80. The van der Waals surface area contributed by atoms with Crippen LogP contribution >= 0.6 is 0 Å². The van der Waals surface area contributed by atoms with E-state index in [-0.39, 0.29) is 17.9 Å². The second-order valence-electron chi connectivity index (χ2n) is 7.06. The van der Waals surface area contributed by atoms with Crippen molar-refractivity contribution in [2.75, 3.05) is 0 Å². The van der Waals surface area contributed by atoms with Gasteiger partial charge in [0.05, 0.1) is 17.9 Å². The van der Waals surface area contributed by atoms with Gasteiger partial charge in [0.15, 0.2) is 0 Å². The Kier molecular flexibility index (Phi) is 7.22. The molecule has 2 amide bonds. The largest absolute Gasteiger partial charge is 0.472 e. The predicted octanol–water partition coefficient (Wildman–Crippen LogP) is 4.28. The number of carbonyl (C=O) groups excluding carboxylic acids is 2. The van der Waals surface area contributed by atoms with Crippen molar-refractivity contribution in [2.45, 2.75) is 38.3 Å². The highest BCUT2D eigenvalue weighted by Gasteiger charge is 2.21. The number of nitrogens with one attached hydrogen (secondary N) is 2. The normalized spacial score (nSPS) is 12.7. The summed E-state index contributed by atoms with van der Waals surface area (Å²) in [6.07, 6.45) is 5.49. The predicted molar refractivity (Wildman–Crippen MR) is 112 cm³/mol. The van der Waals surface area contributed by atoms with Crippen molar-refractivity contribution in [2.24, 2.45) is 0 Å². The maximum atomic E-state index is 12.7. The minimum Gasteiger partial charge on any atom is -0.472 e. The van der Waals surface area contributed by atoms with Crippen LogP contribution in [0.5, 0.6) is 0 Å². The molecule has 150 valence electrons. The van der Waals surface area contributed by atoms with E-state index in [1.165, 1.54) is 18.1 Å². The number of furan rings is 1. The third kappa shape index (κ3) is 6.07. The first-order chi connectivity index (χ1) is 14.1. The first kappa shape index (κ1) is 20.4. The summed E-state index contributed by atoms with van der Waals surface area (Å²) in [7, 11) is 0. The molecule has 0 spiro atoms. The van der Waals surface area contributed by atoms with Gasteiger partial charge in [-0.05, 0) is 43.4 Å². The standard InChI is InChI=1S/C24H26N2O3/c1-18(25-24(28)21-15-16-29-17-21)23(27)26-22(20-12-6-3-7-13-20)14-8-11-19-9-4-2-5-10-19/h2-7,9-10,12-13,15-18,22H,8,11,14H2,1H3,(H,25,28)(H,26,27). The Balaban J connectivity index is 1.59. The molecule has 1 heterocycles. The van der Waals surface area contributed by atoms with Gasteiger partial charge < -0.3 is 15.1 Å². The Morgan fingerprint density at radius 3 is 2.28 bits per heavy atom. The molecule has 1 aromatic heterocycles. The molecule has 3 aromatic rings. The summed E-state index contributed by atoms with van der Waals surface area (Å²) in [6, 6.07) is 21.0. The molecule has 0 bridgehead atoms. The van der Waals surface area contributed by atoms with Crippen LogP contribution in [0.2, 0.25) is 0 Å². The van der Waals surface area contributed by atoms with E-state index in [0.29, 0.717) is 5.56 Å². The smallest absolute Gasteiger partial charge is 0.255 e. The Hall–Kier alpha value is -3.34. The van der Waals surface area contributed by atoms with Crippen LogP contribution in [0.1, 0.15) is 47.3 Å². The van der Waals surface area contributed by atoms with Crippen molar-refractivity contribution in [3.63, 3.8) is 0 Å². The number of amides is 2. The van der Waals surface area contributed by atoms with E-state index in [9.17, 15) is 9.59 Å². The van der Waals surface area contributed by atoms with Crippen molar-refractivity contribution in [1.82, 2.24) is 10.6 Å². The highest BCUT2D eigenvalue weighted by atomic mass is 16.3. The number of hydrogen-bond acceptors (Lipinski definition) is 3. The van der Waals surface area contributed by atoms with Gasteiger partial charge in [0.1, 0.15) is 12.3 Å². The minimum absolute atomic E-state index is 0.110. The summed E-state index contributed by atoms with van der Waals surface area (Å²) < 4.78 is 4.92. The quantitative estimate of drug-likeness (QED) is 0.573. The lowest BCUT2D eigenvalue weighted by Gasteiger charge is -2.22. The van der Waals surface area contributed by atoms with Crippen LogP contribution in [0.4, 0.5) is 0 Å². The average Bonchev–Trinajstić information content (AvgIpc) is 3.29. The van der Waals surface area contributed by atoms with E-state index in [1.54, 1.807) is 13.0 Å². The molecule has 5 nitrogen and oxygen atoms in total. The van der Waals surface area contributed by atoms with Crippen molar-refractivity contribution in [3.8, 4) is 0 Å². The highest BCUT2D eigenvalue weighted by Crippen LogP contribution is 2.20. The molecular formula is C24H26N2O3. The summed E-state index contributed by atoms with van der Waals surface area (Å²) in [5.41, 5.74) is 2.74. The molecule has 0 aliphatic heterocycles. The molecular weight excluding hydrogens is 364 g/mol. The summed E-state index contributed by atoms with van der Waals surface area (Å²) in [5.74, 6) is -0.544. The lowest BCUT2D eigenvalue weighted by molar-refractivity contribution is -0.123. The van der Waals surface area contributed by atoms with Crippen molar-refractivity contribution < 1.29 is 14.0 Å². The molecule has 2 unspecified atom stereocenters. The molecule has 2 N–H and O–H groups in total. The fourth-order valence-corrected chi connectivity index (χ4v) is 3.20. The van der Waals surface area contributed by atoms with Gasteiger partial charge in [0.25, 0.3) is 5.91 Å². The fourth-order valence-electron chi connectivity index (χ4n) is 3.20. The second kappa shape index (κ2) is 10.3. The summed E-state index contributed by atoms with van der Waals surface area (Å²) in [6.45, 7) is 1.68. The molecule has 0 saturated carbocycles. The first-order valence-corrected chi connectivity index (χ1v) is 9.86. The SMILES string of the molecule is CC(NC(=O)c1ccoc1)C(=O)NC(CCCc1ccccc1)c1ccccc1. The van der Waals surface area contributed by atoms with Gasteiger partial charge in [-0.25, -0.2) is 0 Å². The second-order valence-corrected chi connectivity index (χ2v) is 7.06. The van der Waals surface area contributed by atoms with Gasteiger partial charge in [-0.3, -0.25) is 9.59 Å². The van der Waals surface area contributed by atoms with E-state index in [4.69, 9.17) is 4.42 Å². The van der Waals surface area contributed by atoms with E-state index in [1.807, 2.05) is 48.5 Å². The number of hydrogen-bond donors (Lipinski definition) is 2. The zero-order valence-electron chi connectivity index (χ0n) is 16.5. The Morgan fingerprint density at radius 1 is 0.931 bits per heavy atom. The van der Waals surface area contributed by atoms with Gasteiger partial charge in [-0.15, -0.1) is 0 Å². The number of carbonyl (C=O) groups is 2. The topological polar surface area (TPSA) is 71.3 Å². The zero-order chi connectivity index (χ0) is 20.5. The molecule has 0 fully saturated rings. The third-order valence-electron chi connectivity index (χ3n) is 4.84. The van der Waals surface area contributed by atoms with Gasteiger partial charge in [0, 0.05) is 0 Å². The monoisotopic (exact) mass is 390 g/mol. The lowest BCUT2D eigenvalue weighted by atomic mass is 9.98. The van der Waals surface area contributed by atoms with Crippen LogP contribution in [-0.2, 0) is 11.2 Å². The number of aryl methyl sites for hydroxylation is 1. The van der Waals surface area contributed by atoms with Crippen molar-refractivity contribution in [3.05, 3.63) is 95.9 Å². The fraction of sp³-hybridized carbons (Fsp3) is 0.250. The Bertz CT molecular complexity index is 892. The maximum absolute atomic E-state index is 12.7. The van der Waals surface area contributed by atoms with Crippen LogP contribution in [0.25, 0.3) is 0 Å². The molecule has 29 heavy (non-hydrogen) atoms. The molecule has 2 aromatic carbocycles. The first-order valence-electron chi connectivity index (χ1n) is 9.86. The molecule has 0 saturated heterocycles. The van der Waals surface area contributed by atoms with Crippen LogP contribution in [0, 0.1) is 0 Å². The molecule has 3 rings (SSSR count). The molecule has 2 atom stereocenters. The lowest BCUT2D eigenvalue weighted by Crippen LogP contribution is -2.45. The molecule has 0 aliphatic carbocycles. The molecule has 0 radical (unpaired) electrons. The van der Waals surface area contributed by atoms with E-state index in [2.05, 4.69) is 22.8 Å². The van der Waals surface area contributed by atoms with Crippen molar-refractivity contribution >= 4 is 11.8 Å². The van der Waals surface area contributed by atoms with E-state index in [0.717, 1.165) is 24.8 Å². The van der Waals surface area contributed by atoms with E-state index >= 15 is 0 Å². The van der Waals surface area contributed by atoms with Crippen LogP contribution < -0.4 is 10.6 Å². The third-order valence-corrected chi connectivity index (χ3v) is 4.84. The number of rotatable bonds is 9. The van der Waals surface area contributed by atoms with Gasteiger partial charge in [-0.1, -0.05) is 60.7 Å². The number of benzene rings is 2. The zero-order valence-corrected chi connectivity index (χ0v) is 16.5. The molecule has 0 aliphatic rings. The summed E-state index contributed by atoms with van der Waals surface area (Å²) in [4.78, 5) is 24.9. The Morgan fingerprint density at radius 2 is 1.62 bits per heavy atom. The minimum atomic E-state index is -0.655. The van der Waals surface area contributed by atoms with Crippen molar-refractivity contribution in [1.29, 1.82) is 0 Å². The average molecular weight is 390 g/mol. The van der Waals surface area contributed by atoms with Gasteiger partial charge >= 0.3 is 0 Å². The van der Waals surface area contributed by atoms with Crippen LogP contribution in [-0.4, -0.2) is 17.9 Å². The van der Waals surface area contributed by atoms with Crippen LogP contribution in [0.15, 0.2) is 83.7 Å². The van der Waals surface area contributed by atoms with Crippen LogP contribution in [0.3, 0.4) is 0 Å². The highest BCUT2D eigenvalue weighted by molar-refractivity contribution is 5.97. The Labute approximate surface area is 171 Å². The molecule has 5 heteroatoms. The summed E-state index contributed by atoms with van der Waals surface area (Å²) >= 11 is 0. The van der Waals surface area contributed by atoms with Gasteiger partial charge in [0.2, 0.25) is 5.91 Å². The van der Waals surface area contributed by atoms with E-state index < -0.39 is 6.04 Å². The maximum Gasteiger partial charge on any atom is 0.255 e. The van der Waals surface area contributed by atoms with Gasteiger partial charge in [-0.2, -0.15) is 0 Å².